The minimum atomic E-state index is -5.22. The molecule has 0 spiro atoms. The van der Waals surface area contributed by atoms with Crippen molar-refractivity contribution in [3.8, 4) is 0 Å². The van der Waals surface area contributed by atoms with Gasteiger partial charge in [-0.1, -0.05) is 13.8 Å². The van der Waals surface area contributed by atoms with Crippen LogP contribution >= 0.6 is 0 Å². The summed E-state index contributed by atoms with van der Waals surface area (Å²) in [5.74, 6) is 1.35. The van der Waals surface area contributed by atoms with E-state index in [0.29, 0.717) is 35.6 Å². The summed E-state index contributed by atoms with van der Waals surface area (Å²) in [6.07, 6.45) is 1.80. The van der Waals surface area contributed by atoms with E-state index in [-0.39, 0.29) is 19.0 Å². The third-order valence-corrected chi connectivity index (χ3v) is 5.63. The van der Waals surface area contributed by atoms with Gasteiger partial charge in [-0.15, -0.1) is 0 Å². The van der Waals surface area contributed by atoms with Gasteiger partial charge < -0.3 is 10.6 Å². The molecule has 0 bridgehead atoms. The number of aliphatic imine (C=N–C) groups is 1. The third kappa shape index (κ3) is 6.12. The topological polar surface area (TPSA) is 73.8 Å². The third-order valence-electron chi connectivity index (χ3n) is 4.00. The molecule has 0 aromatic heterocycles. The van der Waals surface area contributed by atoms with E-state index in [9.17, 15) is 21.6 Å². The number of rotatable bonds is 6. The molecule has 142 valence electrons. The van der Waals surface area contributed by atoms with Gasteiger partial charge in [0.15, 0.2) is 5.96 Å². The molecule has 0 aromatic rings. The highest BCUT2D eigenvalue weighted by Gasteiger charge is 2.50. The molecule has 0 aromatic carbocycles. The quantitative estimate of drug-likeness (QED) is 0.550. The van der Waals surface area contributed by atoms with E-state index < -0.39 is 15.5 Å². The molecule has 0 atom stereocenters. The molecule has 1 fully saturated rings. The molecule has 0 saturated carbocycles. The van der Waals surface area contributed by atoms with Gasteiger partial charge in [-0.2, -0.15) is 17.5 Å². The zero-order chi connectivity index (χ0) is 18.4. The Morgan fingerprint density at radius 2 is 1.83 bits per heavy atom. The normalized spacial score (nSPS) is 18.9. The monoisotopic (exact) mass is 372 g/mol. The van der Waals surface area contributed by atoms with E-state index in [0.717, 1.165) is 13.0 Å². The Labute approximate surface area is 141 Å². The molecule has 10 heteroatoms. The molecule has 0 unspecified atom stereocenters. The van der Waals surface area contributed by atoms with Crippen LogP contribution in [0.1, 0.15) is 33.1 Å². The number of piperidine rings is 1. The lowest BCUT2D eigenvalue weighted by Gasteiger charge is -2.31. The Morgan fingerprint density at radius 1 is 1.25 bits per heavy atom. The molecule has 1 rings (SSSR count). The zero-order valence-electron chi connectivity index (χ0n) is 14.4. The number of nitrogens with zero attached hydrogens (tertiary/aromatic N) is 2. The molecule has 1 aliphatic rings. The van der Waals surface area contributed by atoms with Crippen LogP contribution < -0.4 is 10.6 Å². The SMILES string of the molecule is CN=C(NCCC(C)C)NCC1CCN(S(=O)(=O)C(F)(F)F)CC1. The number of alkyl halides is 3. The van der Waals surface area contributed by atoms with Gasteiger partial charge in [0.05, 0.1) is 0 Å². The molecule has 2 N–H and O–H groups in total. The first-order chi connectivity index (χ1) is 11.1. The fourth-order valence-corrected chi connectivity index (χ4v) is 3.43. The van der Waals surface area contributed by atoms with Gasteiger partial charge in [-0.25, -0.2) is 8.42 Å². The summed E-state index contributed by atoms with van der Waals surface area (Å²) < 4.78 is 60.8. The lowest BCUT2D eigenvalue weighted by Crippen LogP contribution is -2.47. The molecule has 0 aliphatic carbocycles. The summed E-state index contributed by atoms with van der Waals surface area (Å²) in [5.41, 5.74) is -5.22. The Bertz CT molecular complexity index is 513. The van der Waals surface area contributed by atoms with Gasteiger partial charge in [-0.3, -0.25) is 4.99 Å². The zero-order valence-corrected chi connectivity index (χ0v) is 15.2. The average molecular weight is 372 g/mol. The van der Waals surface area contributed by atoms with Crippen molar-refractivity contribution in [3.63, 3.8) is 0 Å². The van der Waals surface area contributed by atoms with Crippen molar-refractivity contribution >= 4 is 16.0 Å². The van der Waals surface area contributed by atoms with Gasteiger partial charge >= 0.3 is 15.5 Å². The summed E-state index contributed by atoms with van der Waals surface area (Å²) >= 11 is 0. The molecular weight excluding hydrogens is 345 g/mol. The highest BCUT2D eigenvalue weighted by atomic mass is 32.2. The first-order valence-corrected chi connectivity index (χ1v) is 9.53. The van der Waals surface area contributed by atoms with Crippen molar-refractivity contribution in [1.29, 1.82) is 0 Å². The Hall–Kier alpha value is -1.03. The Balaban J connectivity index is 2.38. The van der Waals surface area contributed by atoms with Gasteiger partial charge in [0.25, 0.3) is 0 Å². The summed E-state index contributed by atoms with van der Waals surface area (Å²) in [7, 11) is -3.55. The van der Waals surface area contributed by atoms with Crippen molar-refractivity contribution in [2.45, 2.75) is 38.6 Å². The van der Waals surface area contributed by atoms with Gasteiger partial charge in [-0.05, 0) is 31.1 Å². The Morgan fingerprint density at radius 3 is 2.29 bits per heavy atom. The van der Waals surface area contributed by atoms with E-state index in [1.807, 2.05) is 0 Å². The van der Waals surface area contributed by atoms with Crippen molar-refractivity contribution < 1.29 is 21.6 Å². The standard InChI is InChI=1S/C14H27F3N4O2S/c1-11(2)4-7-19-13(18-3)20-10-12-5-8-21(9-6-12)24(22,23)14(15,16)17/h11-12H,4-10H2,1-3H3,(H2,18,19,20). The second-order valence-electron chi connectivity index (χ2n) is 6.36. The molecule has 0 amide bonds. The van der Waals surface area contributed by atoms with Crippen molar-refractivity contribution in [1.82, 2.24) is 14.9 Å². The van der Waals surface area contributed by atoms with E-state index in [1.54, 1.807) is 7.05 Å². The number of sulfonamides is 1. The fourth-order valence-electron chi connectivity index (χ4n) is 2.44. The first kappa shape index (κ1) is 21.0. The number of guanidine groups is 1. The summed E-state index contributed by atoms with van der Waals surface area (Å²) in [4.78, 5) is 4.10. The molecule has 1 saturated heterocycles. The second kappa shape index (κ2) is 8.89. The van der Waals surface area contributed by atoms with Crippen LogP contribution in [0.15, 0.2) is 4.99 Å². The van der Waals surface area contributed by atoms with E-state index >= 15 is 0 Å². The first-order valence-electron chi connectivity index (χ1n) is 8.09. The van der Waals surface area contributed by atoms with E-state index in [1.165, 1.54) is 0 Å². The predicted octanol–water partition coefficient (Wildman–Crippen LogP) is 1.76. The second-order valence-corrected chi connectivity index (χ2v) is 8.29. The molecular formula is C14H27F3N4O2S. The molecule has 24 heavy (non-hydrogen) atoms. The summed E-state index contributed by atoms with van der Waals surface area (Å²) in [5, 5.41) is 6.32. The minimum absolute atomic E-state index is 0.104. The van der Waals surface area contributed by atoms with Crippen LogP contribution in [-0.2, 0) is 10.0 Å². The minimum Gasteiger partial charge on any atom is -0.356 e. The lowest BCUT2D eigenvalue weighted by molar-refractivity contribution is -0.0496. The molecule has 1 aliphatic heterocycles. The molecule has 6 nitrogen and oxygen atoms in total. The van der Waals surface area contributed by atoms with E-state index in [2.05, 4.69) is 29.5 Å². The smallest absolute Gasteiger partial charge is 0.356 e. The van der Waals surface area contributed by atoms with Crippen LogP contribution in [0, 0.1) is 11.8 Å². The van der Waals surface area contributed by atoms with Crippen molar-refractivity contribution in [2.24, 2.45) is 16.8 Å². The van der Waals surface area contributed by atoms with E-state index in [4.69, 9.17) is 0 Å². The number of halogens is 3. The largest absolute Gasteiger partial charge is 0.511 e. The van der Waals surface area contributed by atoms with Crippen molar-refractivity contribution in [2.75, 3.05) is 33.2 Å². The number of nitrogens with one attached hydrogen (secondary N) is 2. The van der Waals surface area contributed by atoms with Crippen LogP contribution in [0.3, 0.4) is 0 Å². The fraction of sp³-hybridized carbons (Fsp3) is 0.929. The van der Waals surface area contributed by atoms with Crippen LogP contribution in [0.2, 0.25) is 0 Å². The maximum absolute atomic E-state index is 12.5. The van der Waals surface area contributed by atoms with Gasteiger partial charge in [0, 0.05) is 33.2 Å². The summed E-state index contributed by atoms with van der Waals surface area (Å²) in [6, 6.07) is 0. The van der Waals surface area contributed by atoms with Crippen LogP contribution in [0.5, 0.6) is 0 Å². The van der Waals surface area contributed by atoms with Crippen LogP contribution in [0.4, 0.5) is 13.2 Å². The van der Waals surface area contributed by atoms with Crippen LogP contribution in [-0.4, -0.2) is 57.4 Å². The summed E-state index contributed by atoms with van der Waals surface area (Å²) in [6.45, 7) is 5.39. The highest BCUT2D eigenvalue weighted by Crippen LogP contribution is 2.30. The molecule has 0 radical (unpaired) electrons. The van der Waals surface area contributed by atoms with Crippen LogP contribution in [0.25, 0.3) is 0 Å². The van der Waals surface area contributed by atoms with Gasteiger partial charge in [0.2, 0.25) is 0 Å². The average Bonchev–Trinajstić information content (AvgIpc) is 2.49. The number of hydrogen-bond acceptors (Lipinski definition) is 3. The van der Waals surface area contributed by atoms with Gasteiger partial charge in [0.1, 0.15) is 0 Å². The lowest BCUT2D eigenvalue weighted by atomic mass is 9.98. The van der Waals surface area contributed by atoms with Crippen molar-refractivity contribution in [3.05, 3.63) is 0 Å². The maximum Gasteiger partial charge on any atom is 0.511 e. The predicted molar refractivity (Wildman–Crippen MR) is 88.1 cm³/mol. The maximum atomic E-state index is 12.5. The Kier molecular flexibility index (Phi) is 7.78. The molecule has 1 heterocycles. The highest BCUT2D eigenvalue weighted by molar-refractivity contribution is 7.90. The number of hydrogen-bond donors (Lipinski definition) is 2.